The number of amides is 1. The highest BCUT2D eigenvalue weighted by molar-refractivity contribution is 6.09. The van der Waals surface area contributed by atoms with Gasteiger partial charge in [-0.2, -0.15) is 0 Å². The van der Waals surface area contributed by atoms with E-state index in [1.54, 1.807) is 19.9 Å². The Morgan fingerprint density at radius 2 is 2.06 bits per heavy atom. The zero-order valence-corrected chi connectivity index (χ0v) is 11.0. The molecule has 4 N–H and O–H groups in total. The number of carbonyl (C=O) groups excluding carboxylic acids is 1. The van der Waals surface area contributed by atoms with Gasteiger partial charge >= 0.3 is 0 Å². The molecule has 1 aromatic heterocycles. The molecule has 0 unspecified atom stereocenters. The minimum atomic E-state index is -0.676. The van der Waals surface area contributed by atoms with Crippen molar-refractivity contribution in [3.8, 4) is 0 Å². The van der Waals surface area contributed by atoms with Crippen molar-refractivity contribution in [2.45, 2.75) is 19.3 Å². The zero-order chi connectivity index (χ0) is 11.2. The van der Waals surface area contributed by atoms with E-state index < -0.39 is 5.41 Å². The number of hydrogen-bond donors (Lipinski definition) is 3. The number of nitrogens with zero attached hydrogens (tertiary/aromatic N) is 1. The lowest BCUT2D eigenvalue weighted by atomic mass is 9.84. The molecule has 1 aliphatic rings. The molecule has 7 heteroatoms. The number of halogens is 2. The summed E-state index contributed by atoms with van der Waals surface area (Å²) in [4.78, 5) is 15.7. The molecule has 0 fully saturated rings. The van der Waals surface area contributed by atoms with Crippen LogP contribution in [0.3, 0.4) is 0 Å². The van der Waals surface area contributed by atoms with Gasteiger partial charge in [-0.25, -0.2) is 4.98 Å². The van der Waals surface area contributed by atoms with Gasteiger partial charge in [0.05, 0.1) is 5.41 Å². The highest BCUT2D eigenvalue weighted by Gasteiger charge is 2.41. The summed E-state index contributed by atoms with van der Waals surface area (Å²) in [6, 6.07) is 1.66. The quantitative estimate of drug-likeness (QED) is 0.535. The second-order valence-corrected chi connectivity index (χ2v) is 4.07. The first kappa shape index (κ1) is 15.7. The molecular weight excluding hydrogens is 263 g/mol. The molecule has 94 valence electrons. The minimum Gasteiger partial charge on any atom is -0.384 e. The fourth-order valence-electron chi connectivity index (χ4n) is 1.79. The maximum atomic E-state index is 11.7. The second kappa shape index (κ2) is 4.89. The Morgan fingerprint density at radius 3 is 2.59 bits per heavy atom. The van der Waals surface area contributed by atoms with E-state index in [1.807, 2.05) is 0 Å². The van der Waals surface area contributed by atoms with Crippen molar-refractivity contribution in [3.63, 3.8) is 0 Å². The van der Waals surface area contributed by atoms with E-state index in [9.17, 15) is 4.79 Å². The van der Waals surface area contributed by atoms with Gasteiger partial charge in [0, 0.05) is 17.3 Å². The molecule has 0 radical (unpaired) electrons. The summed E-state index contributed by atoms with van der Waals surface area (Å²) < 4.78 is 0. The number of amidine groups is 1. The molecule has 2 rings (SSSR count). The van der Waals surface area contributed by atoms with Crippen LogP contribution >= 0.6 is 24.8 Å². The van der Waals surface area contributed by atoms with Gasteiger partial charge in [-0.3, -0.25) is 10.2 Å². The number of nitrogens with one attached hydrogen (secondary N) is 2. The third-order valence-electron chi connectivity index (χ3n) is 2.67. The fraction of sp³-hybridized carbons (Fsp3) is 0.300. The maximum absolute atomic E-state index is 11.7. The molecule has 1 amide bonds. The largest absolute Gasteiger partial charge is 0.384 e. The van der Waals surface area contributed by atoms with Gasteiger partial charge in [-0.15, -0.1) is 24.8 Å². The van der Waals surface area contributed by atoms with Crippen LogP contribution in [0.1, 0.15) is 25.0 Å². The first-order valence-corrected chi connectivity index (χ1v) is 4.60. The molecule has 0 spiro atoms. The predicted octanol–water partition coefficient (Wildman–Crippen LogP) is 1.44. The van der Waals surface area contributed by atoms with Crippen LogP contribution in [0.2, 0.25) is 0 Å². The highest BCUT2D eigenvalue weighted by Crippen LogP contribution is 2.37. The zero-order valence-electron chi connectivity index (χ0n) is 9.40. The van der Waals surface area contributed by atoms with Crippen molar-refractivity contribution < 1.29 is 4.79 Å². The van der Waals surface area contributed by atoms with E-state index in [-0.39, 0.29) is 36.6 Å². The fourth-order valence-corrected chi connectivity index (χ4v) is 1.79. The highest BCUT2D eigenvalue weighted by atomic mass is 35.5. The number of fused-ring (bicyclic) bond motifs is 1. The van der Waals surface area contributed by atoms with E-state index in [0.717, 1.165) is 0 Å². The van der Waals surface area contributed by atoms with Crippen molar-refractivity contribution >= 4 is 42.4 Å². The Kier molecular flexibility index (Phi) is 4.51. The van der Waals surface area contributed by atoms with Gasteiger partial charge in [-0.05, 0) is 19.9 Å². The summed E-state index contributed by atoms with van der Waals surface area (Å²) >= 11 is 0. The molecular formula is C10H14Cl2N4O. The molecule has 5 nitrogen and oxygen atoms in total. The topological polar surface area (TPSA) is 91.9 Å². The summed E-state index contributed by atoms with van der Waals surface area (Å²) in [6.07, 6.45) is 1.54. The van der Waals surface area contributed by atoms with Crippen LogP contribution in [0.4, 0.5) is 5.82 Å². The second-order valence-electron chi connectivity index (χ2n) is 4.07. The number of rotatable bonds is 1. The monoisotopic (exact) mass is 276 g/mol. The summed E-state index contributed by atoms with van der Waals surface area (Å²) in [5, 5.41) is 10.1. The van der Waals surface area contributed by atoms with Crippen molar-refractivity contribution in [1.82, 2.24) is 4.98 Å². The molecule has 0 saturated carbocycles. The van der Waals surface area contributed by atoms with Crippen molar-refractivity contribution in [2.75, 3.05) is 5.32 Å². The van der Waals surface area contributed by atoms with E-state index in [1.165, 1.54) is 6.20 Å². The summed E-state index contributed by atoms with van der Waals surface area (Å²) in [6.45, 7) is 3.59. The number of anilines is 1. The third-order valence-corrected chi connectivity index (χ3v) is 2.67. The van der Waals surface area contributed by atoms with E-state index in [0.29, 0.717) is 16.9 Å². The van der Waals surface area contributed by atoms with Crippen LogP contribution in [0.5, 0.6) is 0 Å². The Labute approximate surface area is 112 Å². The van der Waals surface area contributed by atoms with Crippen LogP contribution in [0.25, 0.3) is 0 Å². The Balaban J connectivity index is 0.00000128. The molecule has 0 atom stereocenters. The summed E-state index contributed by atoms with van der Waals surface area (Å²) in [7, 11) is 0. The number of aromatic nitrogens is 1. The van der Waals surface area contributed by atoms with Crippen molar-refractivity contribution in [3.05, 3.63) is 23.4 Å². The molecule has 1 aromatic rings. The van der Waals surface area contributed by atoms with E-state index in [4.69, 9.17) is 11.1 Å². The van der Waals surface area contributed by atoms with Gasteiger partial charge < -0.3 is 11.1 Å². The van der Waals surface area contributed by atoms with Crippen molar-refractivity contribution in [2.24, 2.45) is 5.73 Å². The maximum Gasteiger partial charge on any atom is 0.235 e. The molecule has 0 aliphatic carbocycles. The molecule has 1 aliphatic heterocycles. The Morgan fingerprint density at radius 1 is 1.47 bits per heavy atom. The van der Waals surface area contributed by atoms with E-state index in [2.05, 4.69) is 10.3 Å². The van der Waals surface area contributed by atoms with Gasteiger partial charge in [0.25, 0.3) is 0 Å². The number of pyridine rings is 1. The molecule has 17 heavy (non-hydrogen) atoms. The number of carbonyl (C=O) groups is 1. The normalized spacial score (nSPS) is 15.1. The van der Waals surface area contributed by atoms with Crippen LogP contribution < -0.4 is 11.1 Å². The number of nitrogens with two attached hydrogens (primary N) is 1. The lowest BCUT2D eigenvalue weighted by Gasteiger charge is -2.17. The van der Waals surface area contributed by atoms with Gasteiger partial charge in [-0.1, -0.05) is 0 Å². The van der Waals surface area contributed by atoms with Gasteiger partial charge in [0.15, 0.2) is 0 Å². The lowest BCUT2D eigenvalue weighted by molar-refractivity contribution is -0.119. The predicted molar refractivity (Wildman–Crippen MR) is 71.4 cm³/mol. The lowest BCUT2D eigenvalue weighted by Crippen LogP contribution is -2.29. The molecule has 0 aromatic carbocycles. The first-order chi connectivity index (χ1) is 6.94. The van der Waals surface area contributed by atoms with Crippen LogP contribution in [-0.4, -0.2) is 16.7 Å². The van der Waals surface area contributed by atoms with E-state index >= 15 is 0 Å². The smallest absolute Gasteiger partial charge is 0.235 e. The van der Waals surface area contributed by atoms with Gasteiger partial charge in [0.2, 0.25) is 5.91 Å². The number of hydrogen-bond acceptors (Lipinski definition) is 3. The Hall–Kier alpha value is -1.33. The molecule has 0 saturated heterocycles. The molecule has 0 bridgehead atoms. The van der Waals surface area contributed by atoms with Gasteiger partial charge in [0.1, 0.15) is 11.7 Å². The average molecular weight is 277 g/mol. The summed E-state index contributed by atoms with van der Waals surface area (Å²) in [5.41, 5.74) is 6.08. The third kappa shape index (κ3) is 2.21. The minimum absolute atomic E-state index is 0. The van der Waals surface area contributed by atoms with Crippen molar-refractivity contribution in [1.29, 1.82) is 5.41 Å². The van der Waals surface area contributed by atoms with Crippen LogP contribution in [0, 0.1) is 5.41 Å². The SMILES string of the molecule is CC1(C)C(=O)Nc2nccc(C(=N)N)c21.Cl.Cl. The average Bonchev–Trinajstić information content (AvgIpc) is 2.38. The van der Waals surface area contributed by atoms with Crippen LogP contribution in [0.15, 0.2) is 12.3 Å². The van der Waals surface area contributed by atoms with Crippen LogP contribution in [-0.2, 0) is 10.2 Å². The number of nitrogen functional groups attached to an aromatic ring is 1. The Bertz CT molecular complexity index is 473. The summed E-state index contributed by atoms with van der Waals surface area (Å²) in [5.74, 6) is 0.356. The molecule has 2 heterocycles. The standard InChI is InChI=1S/C10H12N4O.2ClH/c1-10(2)6-5(7(11)12)3-4-13-8(6)14-9(10)15;;/h3-4H,1-2H3,(H3,11,12)(H,13,14,15);2*1H. The first-order valence-electron chi connectivity index (χ1n) is 4.60.